The van der Waals surface area contributed by atoms with E-state index in [1.54, 1.807) is 11.8 Å². The van der Waals surface area contributed by atoms with Gasteiger partial charge in [-0.2, -0.15) is 11.8 Å². The van der Waals surface area contributed by atoms with Gasteiger partial charge < -0.3 is 10.1 Å². The predicted octanol–water partition coefficient (Wildman–Crippen LogP) is 1.60. The van der Waals surface area contributed by atoms with E-state index in [0.717, 1.165) is 11.3 Å². The highest BCUT2D eigenvalue weighted by Gasteiger charge is 2.18. The van der Waals surface area contributed by atoms with Crippen molar-refractivity contribution >= 4 is 24.1 Å². The van der Waals surface area contributed by atoms with E-state index in [-0.39, 0.29) is 12.6 Å². The van der Waals surface area contributed by atoms with Crippen LogP contribution in [0, 0.1) is 0 Å². The Morgan fingerprint density at radius 3 is 2.78 bits per heavy atom. The lowest BCUT2D eigenvalue weighted by Gasteiger charge is -2.14. The summed E-state index contributed by atoms with van der Waals surface area (Å²) < 4.78 is 5.17. The molecule has 1 aromatic rings. The highest BCUT2D eigenvalue weighted by molar-refractivity contribution is 7.98. The van der Waals surface area contributed by atoms with Crippen LogP contribution in [0.3, 0.4) is 0 Å². The van der Waals surface area contributed by atoms with Crippen molar-refractivity contribution in [2.75, 3.05) is 12.0 Å². The molecule has 1 amide bonds. The van der Waals surface area contributed by atoms with Gasteiger partial charge in [-0.05, 0) is 24.0 Å². The quantitative estimate of drug-likeness (QED) is 0.574. The second kappa shape index (κ2) is 8.58. The Balaban J connectivity index is 2.43. The van der Waals surface area contributed by atoms with E-state index >= 15 is 0 Å². The first-order chi connectivity index (χ1) is 8.77. The number of amides is 1. The summed E-state index contributed by atoms with van der Waals surface area (Å²) in [4.78, 5) is 22.2. The molecule has 4 nitrogen and oxygen atoms in total. The van der Waals surface area contributed by atoms with Crippen molar-refractivity contribution in [3.8, 4) is 0 Å². The molecule has 1 N–H and O–H groups in total. The molecule has 1 atom stereocenters. The van der Waals surface area contributed by atoms with Crippen LogP contribution in [0.25, 0.3) is 0 Å². The zero-order chi connectivity index (χ0) is 13.2. The van der Waals surface area contributed by atoms with Gasteiger partial charge >= 0.3 is 5.97 Å². The molecule has 0 spiro atoms. The standard InChI is InChI=1S/C13H17NO3S/c1-18-8-7-12(14-10-15)13(16)17-9-11-5-3-2-4-6-11/h2-6,10,12H,7-9H2,1H3,(H,14,15). The van der Waals surface area contributed by atoms with Crippen LogP contribution in [0.4, 0.5) is 0 Å². The zero-order valence-electron chi connectivity index (χ0n) is 10.3. The maximum Gasteiger partial charge on any atom is 0.328 e. The summed E-state index contributed by atoms with van der Waals surface area (Å²) in [5.74, 6) is 0.409. The minimum atomic E-state index is -0.557. The number of carbonyl (C=O) groups excluding carboxylic acids is 2. The van der Waals surface area contributed by atoms with Gasteiger partial charge in [0, 0.05) is 0 Å². The van der Waals surface area contributed by atoms with Crippen LogP contribution in [0.5, 0.6) is 0 Å². The number of hydrogen-bond donors (Lipinski definition) is 1. The largest absolute Gasteiger partial charge is 0.459 e. The normalized spacial score (nSPS) is 11.6. The molecule has 0 heterocycles. The van der Waals surface area contributed by atoms with Crippen molar-refractivity contribution in [2.45, 2.75) is 19.1 Å². The Morgan fingerprint density at radius 2 is 2.17 bits per heavy atom. The minimum Gasteiger partial charge on any atom is -0.459 e. The SMILES string of the molecule is CSCCC(NC=O)C(=O)OCc1ccccc1. The fourth-order valence-electron chi connectivity index (χ4n) is 1.42. The van der Waals surface area contributed by atoms with Crippen LogP contribution in [0.15, 0.2) is 30.3 Å². The Kier molecular flexibility index (Phi) is 6.94. The van der Waals surface area contributed by atoms with Crippen LogP contribution in [0.2, 0.25) is 0 Å². The van der Waals surface area contributed by atoms with Gasteiger partial charge in [0.1, 0.15) is 12.6 Å². The molecule has 0 saturated carbocycles. The van der Waals surface area contributed by atoms with Crippen molar-refractivity contribution in [1.82, 2.24) is 5.32 Å². The van der Waals surface area contributed by atoms with Crippen LogP contribution in [-0.2, 0) is 20.9 Å². The van der Waals surface area contributed by atoms with Crippen molar-refractivity contribution in [1.29, 1.82) is 0 Å². The van der Waals surface area contributed by atoms with Gasteiger partial charge in [-0.25, -0.2) is 4.79 Å². The lowest BCUT2D eigenvalue weighted by molar-refractivity contribution is -0.148. The Bertz CT molecular complexity index is 370. The molecule has 1 aromatic carbocycles. The van der Waals surface area contributed by atoms with Gasteiger partial charge in [0.15, 0.2) is 0 Å². The van der Waals surface area contributed by atoms with Crippen LogP contribution >= 0.6 is 11.8 Å². The molecule has 0 aromatic heterocycles. The summed E-state index contributed by atoms with van der Waals surface area (Å²) in [5.41, 5.74) is 0.931. The first-order valence-corrected chi connectivity index (χ1v) is 7.06. The highest BCUT2D eigenvalue weighted by Crippen LogP contribution is 2.05. The van der Waals surface area contributed by atoms with Gasteiger partial charge in [-0.3, -0.25) is 4.79 Å². The van der Waals surface area contributed by atoms with E-state index in [1.165, 1.54) is 0 Å². The van der Waals surface area contributed by atoms with E-state index in [4.69, 9.17) is 4.74 Å². The molecule has 0 aliphatic rings. The number of ether oxygens (including phenoxy) is 1. The minimum absolute atomic E-state index is 0.232. The molecule has 0 aliphatic carbocycles. The average molecular weight is 267 g/mol. The van der Waals surface area contributed by atoms with E-state index in [0.29, 0.717) is 12.8 Å². The fraction of sp³-hybridized carbons (Fsp3) is 0.385. The molecule has 18 heavy (non-hydrogen) atoms. The lowest BCUT2D eigenvalue weighted by Crippen LogP contribution is -2.37. The molecule has 0 fully saturated rings. The van der Waals surface area contributed by atoms with Gasteiger partial charge in [0.2, 0.25) is 6.41 Å². The van der Waals surface area contributed by atoms with Crippen LogP contribution in [0.1, 0.15) is 12.0 Å². The maximum atomic E-state index is 11.8. The summed E-state index contributed by atoms with van der Waals surface area (Å²) in [5, 5.41) is 2.49. The van der Waals surface area contributed by atoms with Gasteiger partial charge in [0.05, 0.1) is 0 Å². The molecule has 1 unspecified atom stereocenters. The first kappa shape index (κ1) is 14.6. The van der Waals surface area contributed by atoms with Crippen molar-refractivity contribution < 1.29 is 14.3 Å². The average Bonchev–Trinajstić information content (AvgIpc) is 2.42. The van der Waals surface area contributed by atoms with Crippen LogP contribution in [-0.4, -0.2) is 30.4 Å². The van der Waals surface area contributed by atoms with Gasteiger partial charge in [-0.15, -0.1) is 0 Å². The number of nitrogens with one attached hydrogen (secondary N) is 1. The van der Waals surface area contributed by atoms with Crippen molar-refractivity contribution in [3.05, 3.63) is 35.9 Å². The third-order valence-corrected chi connectivity index (χ3v) is 3.03. The molecular weight excluding hydrogens is 250 g/mol. The monoisotopic (exact) mass is 267 g/mol. The number of rotatable bonds is 8. The number of benzene rings is 1. The molecule has 0 saturated heterocycles. The van der Waals surface area contributed by atoms with Crippen LogP contribution < -0.4 is 5.32 Å². The molecule has 0 bridgehead atoms. The summed E-state index contributed by atoms with van der Waals surface area (Å²) in [7, 11) is 0. The third-order valence-electron chi connectivity index (χ3n) is 2.39. The van der Waals surface area contributed by atoms with E-state index < -0.39 is 6.04 Å². The van der Waals surface area contributed by atoms with Gasteiger partial charge in [-0.1, -0.05) is 30.3 Å². The Labute approximate surface area is 111 Å². The summed E-state index contributed by atoms with van der Waals surface area (Å²) >= 11 is 1.62. The van der Waals surface area contributed by atoms with E-state index in [1.807, 2.05) is 36.6 Å². The predicted molar refractivity (Wildman–Crippen MR) is 72.2 cm³/mol. The summed E-state index contributed by atoms with van der Waals surface area (Å²) in [6.07, 6.45) is 3.07. The van der Waals surface area contributed by atoms with E-state index in [9.17, 15) is 9.59 Å². The second-order valence-corrected chi connectivity index (χ2v) is 4.70. The molecule has 98 valence electrons. The topological polar surface area (TPSA) is 55.4 Å². The third kappa shape index (κ3) is 5.23. The number of carbonyl (C=O) groups is 2. The van der Waals surface area contributed by atoms with Gasteiger partial charge in [0.25, 0.3) is 0 Å². The second-order valence-electron chi connectivity index (χ2n) is 3.71. The number of hydrogen-bond acceptors (Lipinski definition) is 4. The first-order valence-electron chi connectivity index (χ1n) is 5.67. The fourth-order valence-corrected chi connectivity index (χ4v) is 1.89. The zero-order valence-corrected chi connectivity index (χ0v) is 11.1. The molecule has 0 aliphatic heterocycles. The molecule has 5 heteroatoms. The molecule has 0 radical (unpaired) electrons. The summed E-state index contributed by atoms with van der Waals surface area (Å²) in [6.45, 7) is 0.232. The number of thioether (sulfide) groups is 1. The Morgan fingerprint density at radius 1 is 1.44 bits per heavy atom. The highest BCUT2D eigenvalue weighted by atomic mass is 32.2. The Hall–Kier alpha value is -1.49. The molecular formula is C13H17NO3S. The lowest BCUT2D eigenvalue weighted by atomic mass is 10.2. The van der Waals surface area contributed by atoms with Crippen molar-refractivity contribution in [2.24, 2.45) is 0 Å². The van der Waals surface area contributed by atoms with Crippen molar-refractivity contribution in [3.63, 3.8) is 0 Å². The van der Waals surface area contributed by atoms with E-state index in [2.05, 4.69) is 5.32 Å². The molecule has 1 rings (SSSR count). The smallest absolute Gasteiger partial charge is 0.328 e. The maximum absolute atomic E-state index is 11.8. The summed E-state index contributed by atoms with van der Waals surface area (Å²) in [6, 6.07) is 8.89. The number of esters is 1.